The molecule has 1 aromatic heterocycles. The molecule has 0 radical (unpaired) electrons. The van der Waals surface area contributed by atoms with Crippen molar-refractivity contribution in [2.75, 3.05) is 31.2 Å². The van der Waals surface area contributed by atoms with Crippen LogP contribution in [-0.4, -0.2) is 41.1 Å². The summed E-state index contributed by atoms with van der Waals surface area (Å²) in [5, 5.41) is 5.58. The molecule has 3 N–H and O–H groups in total. The minimum atomic E-state index is -0.471. The second-order valence-corrected chi connectivity index (χ2v) is 6.75. The van der Waals surface area contributed by atoms with Crippen LogP contribution in [0.25, 0.3) is 0 Å². The Labute approximate surface area is 140 Å². The van der Waals surface area contributed by atoms with Crippen molar-refractivity contribution in [2.45, 2.75) is 4.90 Å². The maximum atomic E-state index is 14.1. The highest BCUT2D eigenvalue weighted by atomic mass is 32.2. The van der Waals surface area contributed by atoms with Gasteiger partial charge in [-0.2, -0.15) is 0 Å². The highest BCUT2D eigenvalue weighted by Gasteiger charge is 2.20. The zero-order chi connectivity index (χ0) is 16.4. The van der Waals surface area contributed by atoms with Crippen LogP contribution in [0.3, 0.4) is 0 Å². The Bertz CT molecular complexity index is 763. The van der Waals surface area contributed by atoms with Gasteiger partial charge >= 0.3 is 0 Å². The predicted molar refractivity (Wildman–Crippen MR) is 91.7 cm³/mol. The number of likely N-dealkylation sites (N-methyl/N-ethyl adjacent to an activating group) is 1. The summed E-state index contributed by atoms with van der Waals surface area (Å²) >= 11 is 2.48. The lowest BCUT2D eigenvalue weighted by molar-refractivity contribution is 0.102. The van der Waals surface area contributed by atoms with Crippen molar-refractivity contribution >= 4 is 45.0 Å². The van der Waals surface area contributed by atoms with Crippen LogP contribution in [0.4, 0.5) is 15.2 Å². The average molecular weight is 351 g/mol. The Morgan fingerprint density at radius 1 is 1.52 bits per heavy atom. The van der Waals surface area contributed by atoms with Crippen molar-refractivity contribution in [1.82, 2.24) is 9.88 Å². The van der Waals surface area contributed by atoms with E-state index >= 15 is 0 Å². The average Bonchev–Trinajstić information content (AvgIpc) is 3.14. The summed E-state index contributed by atoms with van der Waals surface area (Å²) < 4.78 is 14.1. The van der Waals surface area contributed by atoms with Gasteiger partial charge in [-0.05, 0) is 23.9 Å². The van der Waals surface area contributed by atoms with Crippen molar-refractivity contribution in [2.24, 2.45) is 4.99 Å². The second kappa shape index (κ2) is 6.55. The number of hydrogen-bond donors (Lipinski definition) is 2. The number of aliphatic imine (C=N–C) groups is 1. The van der Waals surface area contributed by atoms with E-state index < -0.39 is 11.7 Å². The number of nitrogens with zero attached hydrogens (tertiary/aromatic N) is 3. The standard InChI is InChI=1S/C14H14FN5OS2/c1-20-4-2-18-14(20)23-11-6-8(10(16)7-9(11)15)12(21)19-13-17-3-5-22-13/h3,5-7H,2,4,16H2,1H3,(H,17,19,21). The zero-order valence-corrected chi connectivity index (χ0v) is 13.9. The molecule has 6 nitrogen and oxygen atoms in total. The van der Waals surface area contributed by atoms with Crippen LogP contribution >= 0.6 is 23.1 Å². The number of amidine groups is 1. The molecule has 0 saturated carbocycles. The first kappa shape index (κ1) is 15.8. The van der Waals surface area contributed by atoms with Gasteiger partial charge in [0.15, 0.2) is 10.3 Å². The molecule has 0 spiro atoms. The van der Waals surface area contributed by atoms with E-state index in [0.29, 0.717) is 16.6 Å². The van der Waals surface area contributed by atoms with Gasteiger partial charge in [0.05, 0.1) is 17.0 Å². The molecule has 0 saturated heterocycles. The molecule has 0 aliphatic carbocycles. The van der Waals surface area contributed by atoms with Gasteiger partial charge in [0, 0.05) is 30.9 Å². The maximum Gasteiger partial charge on any atom is 0.259 e. The largest absolute Gasteiger partial charge is 0.398 e. The maximum absolute atomic E-state index is 14.1. The molecule has 2 heterocycles. The first-order valence-corrected chi connectivity index (χ1v) is 8.47. The van der Waals surface area contributed by atoms with Gasteiger partial charge in [-0.3, -0.25) is 15.1 Å². The number of hydrogen-bond acceptors (Lipinski definition) is 7. The minimum Gasteiger partial charge on any atom is -0.398 e. The molecule has 1 amide bonds. The third-order valence-corrected chi connectivity index (χ3v) is 5.06. The summed E-state index contributed by atoms with van der Waals surface area (Å²) in [6.45, 7) is 1.49. The summed E-state index contributed by atoms with van der Waals surface area (Å²) in [6, 6.07) is 2.61. The summed E-state index contributed by atoms with van der Waals surface area (Å²) in [5.74, 6) is -0.887. The van der Waals surface area contributed by atoms with E-state index in [4.69, 9.17) is 5.73 Å². The second-order valence-electron chi connectivity index (χ2n) is 4.85. The molecule has 0 bridgehead atoms. The highest BCUT2D eigenvalue weighted by Crippen LogP contribution is 2.30. The van der Waals surface area contributed by atoms with Crippen LogP contribution in [0, 0.1) is 5.82 Å². The molecule has 0 unspecified atom stereocenters. The first-order chi connectivity index (χ1) is 11.0. The fourth-order valence-electron chi connectivity index (χ4n) is 2.01. The van der Waals surface area contributed by atoms with Gasteiger partial charge in [-0.15, -0.1) is 11.3 Å². The summed E-state index contributed by atoms with van der Waals surface area (Å²) in [5.41, 5.74) is 6.09. The molecule has 9 heteroatoms. The number of nitrogens with two attached hydrogens (primary N) is 1. The topological polar surface area (TPSA) is 83.6 Å². The van der Waals surface area contributed by atoms with Gasteiger partial charge in [0.2, 0.25) is 0 Å². The van der Waals surface area contributed by atoms with Gasteiger partial charge in [-0.25, -0.2) is 9.37 Å². The molecule has 1 aliphatic heterocycles. The third kappa shape index (κ3) is 3.45. The Hall–Kier alpha value is -2.13. The lowest BCUT2D eigenvalue weighted by Gasteiger charge is -2.14. The number of halogens is 1. The zero-order valence-electron chi connectivity index (χ0n) is 12.2. The molecule has 0 fully saturated rings. The monoisotopic (exact) mass is 351 g/mol. The lowest BCUT2D eigenvalue weighted by atomic mass is 10.1. The van der Waals surface area contributed by atoms with E-state index in [0.717, 1.165) is 17.8 Å². The molecule has 23 heavy (non-hydrogen) atoms. The SMILES string of the molecule is CN1CCN=C1Sc1cc(C(=O)Nc2nccs2)c(N)cc1F. The summed E-state index contributed by atoms with van der Waals surface area (Å²) in [7, 11) is 1.89. The van der Waals surface area contributed by atoms with Crippen LogP contribution in [0.1, 0.15) is 10.4 Å². The van der Waals surface area contributed by atoms with E-state index in [1.807, 2.05) is 11.9 Å². The molecule has 1 aliphatic rings. The molecular formula is C14H14FN5OS2. The number of thioether (sulfide) groups is 1. The fraction of sp³-hybridized carbons (Fsp3) is 0.214. The van der Waals surface area contributed by atoms with Crippen molar-refractivity contribution in [1.29, 1.82) is 0 Å². The number of anilines is 2. The van der Waals surface area contributed by atoms with E-state index in [1.54, 1.807) is 11.6 Å². The Kier molecular flexibility index (Phi) is 4.49. The Balaban J connectivity index is 1.85. The number of carbonyl (C=O) groups is 1. The number of carbonyl (C=O) groups excluding carboxylic acids is 1. The number of rotatable bonds is 3. The Morgan fingerprint density at radius 2 is 2.35 bits per heavy atom. The van der Waals surface area contributed by atoms with Crippen LogP contribution in [0.2, 0.25) is 0 Å². The predicted octanol–water partition coefficient (Wildman–Crippen LogP) is 2.51. The van der Waals surface area contributed by atoms with Crippen molar-refractivity contribution in [3.8, 4) is 0 Å². The van der Waals surface area contributed by atoms with Crippen molar-refractivity contribution in [3.05, 3.63) is 35.1 Å². The normalized spacial score (nSPS) is 14.0. The van der Waals surface area contributed by atoms with Gasteiger partial charge in [-0.1, -0.05) is 0 Å². The smallest absolute Gasteiger partial charge is 0.259 e. The van der Waals surface area contributed by atoms with Crippen molar-refractivity contribution < 1.29 is 9.18 Å². The third-order valence-electron chi connectivity index (χ3n) is 3.21. The summed E-state index contributed by atoms with van der Waals surface area (Å²) in [6.07, 6.45) is 1.59. The Morgan fingerprint density at radius 3 is 3.00 bits per heavy atom. The molecule has 3 rings (SSSR count). The number of nitrogen functional groups attached to an aromatic ring is 1. The van der Waals surface area contributed by atoms with Crippen LogP contribution in [0.5, 0.6) is 0 Å². The number of nitrogens with one attached hydrogen (secondary N) is 1. The number of aromatic nitrogens is 1. The number of thiazole rings is 1. The minimum absolute atomic E-state index is 0.0858. The quantitative estimate of drug-likeness (QED) is 0.830. The molecule has 120 valence electrons. The van der Waals surface area contributed by atoms with E-state index in [-0.39, 0.29) is 11.3 Å². The highest BCUT2D eigenvalue weighted by molar-refractivity contribution is 8.13. The number of amides is 1. The summed E-state index contributed by atoms with van der Waals surface area (Å²) in [4.78, 5) is 22.9. The first-order valence-electron chi connectivity index (χ1n) is 6.78. The fourth-order valence-corrected chi connectivity index (χ4v) is 3.47. The van der Waals surface area contributed by atoms with Gasteiger partial charge in [0.25, 0.3) is 5.91 Å². The molecule has 0 atom stereocenters. The van der Waals surface area contributed by atoms with Crippen LogP contribution in [0.15, 0.2) is 33.6 Å². The molecule has 2 aromatic rings. The van der Waals surface area contributed by atoms with Gasteiger partial charge in [0.1, 0.15) is 5.82 Å². The van der Waals surface area contributed by atoms with Gasteiger partial charge < -0.3 is 10.6 Å². The lowest BCUT2D eigenvalue weighted by Crippen LogP contribution is -2.20. The van der Waals surface area contributed by atoms with Crippen molar-refractivity contribution in [3.63, 3.8) is 0 Å². The van der Waals surface area contributed by atoms with E-state index in [9.17, 15) is 9.18 Å². The van der Waals surface area contributed by atoms with E-state index in [2.05, 4.69) is 15.3 Å². The van der Waals surface area contributed by atoms with Crippen LogP contribution in [-0.2, 0) is 0 Å². The number of benzene rings is 1. The molecule has 1 aromatic carbocycles. The molecular weight excluding hydrogens is 337 g/mol. The van der Waals surface area contributed by atoms with Crippen LogP contribution < -0.4 is 11.1 Å². The van der Waals surface area contributed by atoms with E-state index in [1.165, 1.54) is 29.2 Å².